The minimum atomic E-state index is -0.0163. The molecule has 1 heterocycles. The second-order valence-corrected chi connectivity index (χ2v) is 6.22. The average Bonchev–Trinajstić information content (AvgIpc) is 2.57. The molecule has 1 saturated heterocycles. The SMILES string of the molecule is CCCNC(=O)C1CCN(C(=O)/C=C/c2cccc(Cl)c2)CC1. The van der Waals surface area contributed by atoms with Gasteiger partial charge in [0.2, 0.25) is 11.8 Å². The van der Waals surface area contributed by atoms with Gasteiger partial charge in [-0.2, -0.15) is 0 Å². The van der Waals surface area contributed by atoms with Gasteiger partial charge in [-0.1, -0.05) is 30.7 Å². The summed E-state index contributed by atoms with van der Waals surface area (Å²) in [5.74, 6) is 0.133. The van der Waals surface area contributed by atoms with Crippen LogP contribution in [0, 0.1) is 5.92 Å². The lowest BCUT2D eigenvalue weighted by Crippen LogP contribution is -2.42. The van der Waals surface area contributed by atoms with E-state index in [1.165, 1.54) is 0 Å². The average molecular weight is 335 g/mol. The molecule has 1 aromatic rings. The van der Waals surface area contributed by atoms with Gasteiger partial charge in [0.15, 0.2) is 0 Å². The van der Waals surface area contributed by atoms with E-state index in [4.69, 9.17) is 11.6 Å². The van der Waals surface area contributed by atoms with E-state index in [-0.39, 0.29) is 17.7 Å². The summed E-state index contributed by atoms with van der Waals surface area (Å²) in [6.45, 7) is 4.01. The molecule has 1 aliphatic heterocycles. The fraction of sp³-hybridized carbons (Fsp3) is 0.444. The van der Waals surface area contributed by atoms with E-state index in [2.05, 4.69) is 5.32 Å². The maximum absolute atomic E-state index is 12.2. The number of amides is 2. The highest BCUT2D eigenvalue weighted by Crippen LogP contribution is 2.18. The predicted molar refractivity (Wildman–Crippen MR) is 93.1 cm³/mol. The number of carbonyl (C=O) groups excluding carboxylic acids is 2. The summed E-state index contributed by atoms with van der Waals surface area (Å²) >= 11 is 5.92. The smallest absolute Gasteiger partial charge is 0.246 e. The number of halogens is 1. The minimum Gasteiger partial charge on any atom is -0.356 e. The first-order chi connectivity index (χ1) is 11.1. The zero-order chi connectivity index (χ0) is 16.7. The van der Waals surface area contributed by atoms with Gasteiger partial charge in [0.05, 0.1) is 0 Å². The van der Waals surface area contributed by atoms with E-state index in [0.717, 1.165) is 31.4 Å². The first-order valence-electron chi connectivity index (χ1n) is 8.10. The number of piperidine rings is 1. The van der Waals surface area contributed by atoms with Crippen LogP contribution in [-0.2, 0) is 9.59 Å². The Morgan fingerprint density at radius 3 is 2.74 bits per heavy atom. The van der Waals surface area contributed by atoms with Crippen molar-refractivity contribution >= 4 is 29.5 Å². The van der Waals surface area contributed by atoms with Crippen molar-refractivity contribution in [2.75, 3.05) is 19.6 Å². The summed E-state index contributed by atoms with van der Waals surface area (Å²) in [5.41, 5.74) is 0.902. The Bertz CT molecular complexity index is 578. The molecule has 0 atom stereocenters. The molecule has 0 saturated carbocycles. The fourth-order valence-corrected chi connectivity index (χ4v) is 2.84. The van der Waals surface area contributed by atoms with E-state index in [1.807, 2.05) is 25.1 Å². The Kier molecular flexibility index (Phi) is 6.66. The zero-order valence-electron chi connectivity index (χ0n) is 13.4. The third kappa shape index (κ3) is 5.39. The number of nitrogens with zero attached hydrogens (tertiary/aromatic N) is 1. The molecule has 2 amide bonds. The molecule has 0 spiro atoms. The van der Waals surface area contributed by atoms with Crippen molar-refractivity contribution in [2.24, 2.45) is 5.92 Å². The van der Waals surface area contributed by atoms with E-state index in [1.54, 1.807) is 23.1 Å². The van der Waals surface area contributed by atoms with Gasteiger partial charge in [0.25, 0.3) is 0 Å². The normalized spacial score (nSPS) is 15.8. The highest BCUT2D eigenvalue weighted by Gasteiger charge is 2.26. The molecule has 4 nitrogen and oxygen atoms in total. The van der Waals surface area contributed by atoms with Crippen LogP contribution in [-0.4, -0.2) is 36.3 Å². The van der Waals surface area contributed by atoms with Gasteiger partial charge in [-0.3, -0.25) is 9.59 Å². The highest BCUT2D eigenvalue weighted by atomic mass is 35.5. The van der Waals surface area contributed by atoms with Gasteiger partial charge < -0.3 is 10.2 Å². The lowest BCUT2D eigenvalue weighted by Gasteiger charge is -2.30. The molecule has 2 rings (SSSR count). The van der Waals surface area contributed by atoms with Crippen LogP contribution in [0.3, 0.4) is 0 Å². The third-order valence-corrected chi connectivity index (χ3v) is 4.23. The molecular formula is C18H23ClN2O2. The molecule has 0 unspecified atom stereocenters. The Balaban J connectivity index is 1.82. The van der Waals surface area contributed by atoms with Crippen LogP contribution in [0.4, 0.5) is 0 Å². The van der Waals surface area contributed by atoms with Crippen molar-refractivity contribution in [3.8, 4) is 0 Å². The van der Waals surface area contributed by atoms with Crippen molar-refractivity contribution in [1.82, 2.24) is 10.2 Å². The molecule has 23 heavy (non-hydrogen) atoms. The van der Waals surface area contributed by atoms with Gasteiger partial charge in [-0.05, 0) is 43.0 Å². The topological polar surface area (TPSA) is 49.4 Å². The molecule has 0 bridgehead atoms. The van der Waals surface area contributed by atoms with Crippen molar-refractivity contribution < 1.29 is 9.59 Å². The maximum atomic E-state index is 12.2. The third-order valence-electron chi connectivity index (χ3n) is 3.99. The maximum Gasteiger partial charge on any atom is 0.246 e. The number of hydrogen-bond acceptors (Lipinski definition) is 2. The van der Waals surface area contributed by atoms with Crippen molar-refractivity contribution in [2.45, 2.75) is 26.2 Å². The number of carbonyl (C=O) groups is 2. The molecule has 124 valence electrons. The van der Waals surface area contributed by atoms with Gasteiger partial charge in [0.1, 0.15) is 0 Å². The van der Waals surface area contributed by atoms with Crippen molar-refractivity contribution in [3.63, 3.8) is 0 Å². The summed E-state index contributed by atoms with van der Waals surface area (Å²) in [4.78, 5) is 25.9. The van der Waals surface area contributed by atoms with E-state index < -0.39 is 0 Å². The molecule has 1 fully saturated rings. The lowest BCUT2D eigenvalue weighted by atomic mass is 9.96. The van der Waals surface area contributed by atoms with Gasteiger partial charge >= 0.3 is 0 Å². The summed E-state index contributed by atoms with van der Waals surface area (Å²) in [5, 5.41) is 3.58. The first-order valence-corrected chi connectivity index (χ1v) is 8.48. The first kappa shape index (κ1) is 17.5. The van der Waals surface area contributed by atoms with Gasteiger partial charge in [-0.15, -0.1) is 0 Å². The van der Waals surface area contributed by atoms with Crippen LogP contribution in [0.25, 0.3) is 6.08 Å². The predicted octanol–water partition coefficient (Wildman–Crippen LogP) is 3.12. The molecular weight excluding hydrogens is 312 g/mol. The monoisotopic (exact) mass is 334 g/mol. The summed E-state index contributed by atoms with van der Waals surface area (Å²) < 4.78 is 0. The van der Waals surface area contributed by atoms with E-state index >= 15 is 0 Å². The minimum absolute atomic E-state index is 0.0163. The number of nitrogens with one attached hydrogen (secondary N) is 1. The van der Waals surface area contributed by atoms with Crippen LogP contribution in [0.5, 0.6) is 0 Å². The zero-order valence-corrected chi connectivity index (χ0v) is 14.2. The Morgan fingerprint density at radius 1 is 1.35 bits per heavy atom. The van der Waals surface area contributed by atoms with E-state index in [9.17, 15) is 9.59 Å². The Labute approximate surface area is 142 Å². The Hall–Kier alpha value is -1.81. The van der Waals surface area contributed by atoms with Gasteiger partial charge in [-0.25, -0.2) is 0 Å². The molecule has 1 aliphatic rings. The molecule has 5 heteroatoms. The van der Waals surface area contributed by atoms with Crippen LogP contribution < -0.4 is 5.32 Å². The second-order valence-electron chi connectivity index (χ2n) is 5.78. The molecule has 1 aromatic carbocycles. The molecule has 0 radical (unpaired) electrons. The number of rotatable bonds is 5. The fourth-order valence-electron chi connectivity index (χ4n) is 2.64. The standard InChI is InChI=1S/C18H23ClN2O2/c1-2-10-20-18(23)15-8-11-21(12-9-15)17(22)7-6-14-4-3-5-16(19)13-14/h3-7,13,15H,2,8-12H2,1H3,(H,20,23)/b7-6+. The number of hydrogen-bond donors (Lipinski definition) is 1. The van der Waals surface area contributed by atoms with Crippen molar-refractivity contribution in [1.29, 1.82) is 0 Å². The highest BCUT2D eigenvalue weighted by molar-refractivity contribution is 6.30. The Morgan fingerprint density at radius 2 is 2.09 bits per heavy atom. The van der Waals surface area contributed by atoms with Crippen LogP contribution in [0.1, 0.15) is 31.7 Å². The van der Waals surface area contributed by atoms with Crippen LogP contribution in [0.2, 0.25) is 5.02 Å². The van der Waals surface area contributed by atoms with Gasteiger partial charge in [0, 0.05) is 36.7 Å². The second kappa shape index (κ2) is 8.73. The van der Waals surface area contributed by atoms with E-state index in [0.29, 0.717) is 18.1 Å². The molecule has 0 aliphatic carbocycles. The summed E-state index contributed by atoms with van der Waals surface area (Å²) in [6.07, 6.45) is 5.74. The van der Waals surface area contributed by atoms with Crippen LogP contribution >= 0.6 is 11.6 Å². The summed E-state index contributed by atoms with van der Waals surface area (Å²) in [6, 6.07) is 7.37. The quantitative estimate of drug-likeness (QED) is 0.841. The molecule has 1 N–H and O–H groups in total. The lowest BCUT2D eigenvalue weighted by molar-refractivity contribution is -0.132. The van der Waals surface area contributed by atoms with Crippen molar-refractivity contribution in [3.05, 3.63) is 40.9 Å². The van der Waals surface area contributed by atoms with Crippen LogP contribution in [0.15, 0.2) is 30.3 Å². The summed E-state index contributed by atoms with van der Waals surface area (Å²) in [7, 11) is 0. The number of likely N-dealkylation sites (tertiary alicyclic amines) is 1. The molecule has 0 aromatic heterocycles. The largest absolute Gasteiger partial charge is 0.356 e. The number of benzene rings is 1.